The standard InChI is InChI=1S/C15H21BrN2S2/c1-8(2)12-7-19-15(18-12)14(17-9(3)4)13-6-11(16)10(5)20-13/h6-9,14,17H,1-5H3. The molecular weight excluding hydrogens is 352 g/mol. The van der Waals surface area contributed by atoms with Gasteiger partial charge >= 0.3 is 0 Å². The lowest BCUT2D eigenvalue weighted by Crippen LogP contribution is -2.28. The van der Waals surface area contributed by atoms with Gasteiger partial charge in [-0.15, -0.1) is 22.7 Å². The third-order valence-electron chi connectivity index (χ3n) is 3.04. The van der Waals surface area contributed by atoms with Crippen molar-refractivity contribution in [3.05, 3.63) is 36.4 Å². The van der Waals surface area contributed by atoms with E-state index >= 15 is 0 Å². The summed E-state index contributed by atoms with van der Waals surface area (Å²) in [4.78, 5) is 7.47. The van der Waals surface area contributed by atoms with Crippen LogP contribution in [-0.2, 0) is 0 Å². The molecule has 0 aliphatic heterocycles. The highest BCUT2D eigenvalue weighted by Crippen LogP contribution is 2.35. The maximum absolute atomic E-state index is 4.83. The monoisotopic (exact) mass is 372 g/mol. The van der Waals surface area contributed by atoms with Crippen LogP contribution in [0.1, 0.15) is 60.1 Å². The van der Waals surface area contributed by atoms with Crippen LogP contribution in [0, 0.1) is 6.92 Å². The molecule has 2 aromatic rings. The summed E-state index contributed by atoms with van der Waals surface area (Å²) in [6.45, 7) is 10.9. The van der Waals surface area contributed by atoms with Crippen molar-refractivity contribution < 1.29 is 0 Å². The molecule has 0 radical (unpaired) electrons. The number of hydrogen-bond donors (Lipinski definition) is 1. The molecule has 0 amide bonds. The first-order valence-corrected chi connectivity index (χ1v) is 9.34. The average Bonchev–Trinajstić information content (AvgIpc) is 2.94. The van der Waals surface area contributed by atoms with Crippen molar-refractivity contribution in [1.29, 1.82) is 0 Å². The van der Waals surface area contributed by atoms with Crippen LogP contribution in [0.2, 0.25) is 0 Å². The molecule has 2 nitrogen and oxygen atoms in total. The summed E-state index contributed by atoms with van der Waals surface area (Å²) in [5.74, 6) is 0.483. The second-order valence-corrected chi connectivity index (χ2v) is 8.60. The van der Waals surface area contributed by atoms with Crippen LogP contribution < -0.4 is 5.32 Å². The molecule has 0 fully saturated rings. The predicted molar refractivity (Wildman–Crippen MR) is 93.1 cm³/mol. The number of nitrogens with one attached hydrogen (secondary N) is 1. The van der Waals surface area contributed by atoms with Gasteiger partial charge in [0.05, 0.1) is 11.7 Å². The lowest BCUT2D eigenvalue weighted by Gasteiger charge is -2.18. The predicted octanol–water partition coefficient (Wildman–Crippen LogP) is 5.49. The molecule has 0 spiro atoms. The van der Waals surface area contributed by atoms with E-state index in [-0.39, 0.29) is 6.04 Å². The van der Waals surface area contributed by atoms with Crippen LogP contribution in [0.3, 0.4) is 0 Å². The number of aromatic nitrogens is 1. The molecule has 20 heavy (non-hydrogen) atoms. The topological polar surface area (TPSA) is 24.9 Å². The van der Waals surface area contributed by atoms with Gasteiger partial charge in [0, 0.05) is 25.6 Å². The second-order valence-electron chi connectivity index (χ2n) is 5.57. The van der Waals surface area contributed by atoms with Gasteiger partial charge in [-0.05, 0) is 48.7 Å². The molecule has 1 unspecified atom stereocenters. The Morgan fingerprint density at radius 2 is 1.95 bits per heavy atom. The van der Waals surface area contributed by atoms with Gasteiger partial charge < -0.3 is 5.32 Å². The van der Waals surface area contributed by atoms with Crippen molar-refractivity contribution in [1.82, 2.24) is 10.3 Å². The first kappa shape index (κ1) is 16.1. The summed E-state index contributed by atoms with van der Waals surface area (Å²) < 4.78 is 1.19. The Bertz CT molecular complexity index is 553. The fourth-order valence-corrected chi connectivity index (χ4v) is 4.69. The fraction of sp³-hybridized carbons (Fsp3) is 0.533. The molecule has 2 heterocycles. The maximum Gasteiger partial charge on any atom is 0.115 e. The molecule has 0 saturated carbocycles. The Kier molecular flexibility index (Phi) is 5.40. The van der Waals surface area contributed by atoms with E-state index in [0.717, 1.165) is 5.01 Å². The van der Waals surface area contributed by atoms with Gasteiger partial charge in [-0.25, -0.2) is 4.98 Å². The smallest absolute Gasteiger partial charge is 0.115 e. The van der Waals surface area contributed by atoms with Crippen LogP contribution in [0.5, 0.6) is 0 Å². The Morgan fingerprint density at radius 1 is 1.25 bits per heavy atom. The minimum absolute atomic E-state index is 0.197. The van der Waals surface area contributed by atoms with Crippen molar-refractivity contribution in [2.75, 3.05) is 0 Å². The number of thiophene rings is 1. The van der Waals surface area contributed by atoms with Gasteiger partial charge in [0.1, 0.15) is 5.01 Å². The van der Waals surface area contributed by atoms with Gasteiger partial charge in [0.25, 0.3) is 0 Å². The molecule has 1 N–H and O–H groups in total. The van der Waals surface area contributed by atoms with Crippen molar-refractivity contribution in [3.8, 4) is 0 Å². The van der Waals surface area contributed by atoms with Gasteiger partial charge in [0.2, 0.25) is 0 Å². The number of hydrogen-bond acceptors (Lipinski definition) is 4. The molecule has 110 valence electrons. The van der Waals surface area contributed by atoms with E-state index in [2.05, 4.69) is 67.3 Å². The minimum atomic E-state index is 0.197. The molecule has 1 atom stereocenters. The number of nitrogens with zero attached hydrogens (tertiary/aromatic N) is 1. The Morgan fingerprint density at radius 3 is 2.40 bits per heavy atom. The summed E-state index contributed by atoms with van der Waals surface area (Å²) in [6, 6.07) is 2.84. The van der Waals surface area contributed by atoms with Crippen molar-refractivity contribution in [3.63, 3.8) is 0 Å². The zero-order chi connectivity index (χ0) is 14.9. The van der Waals surface area contributed by atoms with Crippen molar-refractivity contribution in [2.45, 2.75) is 52.6 Å². The summed E-state index contributed by atoms with van der Waals surface area (Å²) in [5.41, 5.74) is 1.19. The molecule has 5 heteroatoms. The number of rotatable bonds is 5. The second kappa shape index (κ2) is 6.69. The molecule has 0 saturated heterocycles. The largest absolute Gasteiger partial charge is 0.301 e. The van der Waals surface area contributed by atoms with Gasteiger partial charge in [-0.3, -0.25) is 0 Å². The summed E-state index contributed by atoms with van der Waals surface area (Å²) in [6.07, 6.45) is 0. The molecule has 0 aliphatic carbocycles. The summed E-state index contributed by atoms with van der Waals surface area (Å²) >= 11 is 7.21. The van der Waals surface area contributed by atoms with Crippen LogP contribution >= 0.6 is 38.6 Å². The lowest BCUT2D eigenvalue weighted by atomic mass is 10.1. The minimum Gasteiger partial charge on any atom is -0.301 e. The van der Waals surface area contributed by atoms with Gasteiger partial charge in [-0.1, -0.05) is 13.8 Å². The molecule has 2 rings (SSSR count). The zero-order valence-electron chi connectivity index (χ0n) is 12.5. The van der Waals surface area contributed by atoms with Crippen LogP contribution in [-0.4, -0.2) is 11.0 Å². The average molecular weight is 373 g/mol. The SMILES string of the molecule is Cc1sc(C(NC(C)C)c2nc(C(C)C)cs2)cc1Br. The highest BCUT2D eigenvalue weighted by Gasteiger charge is 2.22. The summed E-state index contributed by atoms with van der Waals surface area (Å²) in [5, 5.41) is 6.99. The highest BCUT2D eigenvalue weighted by atomic mass is 79.9. The molecule has 2 aromatic heterocycles. The first-order valence-electron chi connectivity index (χ1n) is 6.85. The number of halogens is 1. The van der Waals surface area contributed by atoms with Crippen LogP contribution in [0.15, 0.2) is 15.9 Å². The van der Waals surface area contributed by atoms with E-state index in [0.29, 0.717) is 12.0 Å². The number of aryl methyl sites for hydroxylation is 1. The fourth-order valence-electron chi connectivity index (χ4n) is 1.93. The number of thiazole rings is 1. The van der Waals surface area contributed by atoms with E-state index in [4.69, 9.17) is 4.98 Å². The molecule has 0 aliphatic rings. The van der Waals surface area contributed by atoms with E-state index in [1.165, 1.54) is 19.9 Å². The quantitative estimate of drug-likeness (QED) is 0.750. The zero-order valence-corrected chi connectivity index (χ0v) is 15.7. The van der Waals surface area contributed by atoms with E-state index in [1.54, 1.807) is 11.3 Å². The third kappa shape index (κ3) is 3.70. The van der Waals surface area contributed by atoms with Crippen LogP contribution in [0.25, 0.3) is 0 Å². The van der Waals surface area contributed by atoms with E-state index in [1.807, 2.05) is 11.3 Å². The van der Waals surface area contributed by atoms with E-state index in [9.17, 15) is 0 Å². The van der Waals surface area contributed by atoms with Gasteiger partial charge in [0.15, 0.2) is 0 Å². The lowest BCUT2D eigenvalue weighted by molar-refractivity contribution is 0.531. The van der Waals surface area contributed by atoms with Gasteiger partial charge in [-0.2, -0.15) is 0 Å². The Labute approximate surface area is 137 Å². The van der Waals surface area contributed by atoms with Crippen molar-refractivity contribution in [2.24, 2.45) is 0 Å². The normalized spacial score (nSPS) is 13.4. The van der Waals surface area contributed by atoms with E-state index < -0.39 is 0 Å². The molecule has 0 bridgehead atoms. The third-order valence-corrected chi connectivity index (χ3v) is 6.17. The highest BCUT2D eigenvalue weighted by molar-refractivity contribution is 9.10. The maximum atomic E-state index is 4.83. The summed E-state index contributed by atoms with van der Waals surface area (Å²) in [7, 11) is 0. The molecule has 0 aromatic carbocycles. The van der Waals surface area contributed by atoms with Crippen LogP contribution in [0.4, 0.5) is 0 Å². The molecular formula is C15H21BrN2S2. The Balaban J connectivity index is 2.35. The Hall–Kier alpha value is -0.230. The first-order chi connectivity index (χ1) is 9.38. The van der Waals surface area contributed by atoms with Crippen molar-refractivity contribution >= 4 is 38.6 Å².